The Bertz CT molecular complexity index is 531. The molecule has 94 valence electrons. The summed E-state index contributed by atoms with van der Waals surface area (Å²) in [5.74, 6) is -0.227. The lowest BCUT2D eigenvalue weighted by molar-refractivity contribution is 0.617. The Balaban J connectivity index is 2.18. The summed E-state index contributed by atoms with van der Waals surface area (Å²) in [6.07, 6.45) is 0.727. The fourth-order valence-electron chi connectivity index (χ4n) is 2.10. The first-order valence-corrected chi connectivity index (χ1v) is 6.13. The van der Waals surface area contributed by atoms with Crippen molar-refractivity contribution in [1.29, 1.82) is 0 Å². The van der Waals surface area contributed by atoms with Crippen molar-refractivity contribution in [3.8, 4) is 0 Å². The van der Waals surface area contributed by atoms with Crippen molar-refractivity contribution in [2.24, 2.45) is 5.73 Å². The van der Waals surface area contributed by atoms with E-state index in [1.807, 2.05) is 6.92 Å². The predicted molar refractivity (Wildman–Crippen MR) is 72.9 cm³/mol. The van der Waals surface area contributed by atoms with E-state index in [0.29, 0.717) is 0 Å². The van der Waals surface area contributed by atoms with Crippen LogP contribution in [0.15, 0.2) is 42.5 Å². The Kier molecular flexibility index (Phi) is 3.78. The summed E-state index contributed by atoms with van der Waals surface area (Å²) in [4.78, 5) is 0. The van der Waals surface area contributed by atoms with Gasteiger partial charge in [-0.15, -0.1) is 0 Å². The highest BCUT2D eigenvalue weighted by Gasteiger charge is 2.10. The Morgan fingerprint density at radius 1 is 1.06 bits per heavy atom. The highest BCUT2D eigenvalue weighted by atomic mass is 19.1. The molecule has 18 heavy (non-hydrogen) atoms. The molecular weight excluding hydrogens is 225 g/mol. The molecule has 1 atom stereocenters. The quantitative estimate of drug-likeness (QED) is 0.874. The van der Waals surface area contributed by atoms with E-state index in [1.54, 1.807) is 6.07 Å². The molecule has 0 aromatic heterocycles. The highest BCUT2D eigenvalue weighted by Crippen LogP contribution is 2.21. The summed E-state index contributed by atoms with van der Waals surface area (Å²) in [6.45, 7) is 4.02. The van der Waals surface area contributed by atoms with Crippen LogP contribution in [0.1, 0.15) is 28.3 Å². The number of aryl methyl sites for hydroxylation is 2. The number of halogens is 1. The van der Waals surface area contributed by atoms with Crippen molar-refractivity contribution in [2.75, 3.05) is 0 Å². The minimum Gasteiger partial charge on any atom is -0.324 e. The van der Waals surface area contributed by atoms with Crippen molar-refractivity contribution in [3.63, 3.8) is 0 Å². The summed E-state index contributed by atoms with van der Waals surface area (Å²) in [6, 6.07) is 12.9. The predicted octanol–water partition coefficient (Wildman–Crippen LogP) is 3.69. The zero-order chi connectivity index (χ0) is 13.1. The Labute approximate surface area is 107 Å². The van der Waals surface area contributed by atoms with Crippen LogP contribution in [0.5, 0.6) is 0 Å². The molecule has 0 saturated carbocycles. The van der Waals surface area contributed by atoms with Gasteiger partial charge in [0, 0.05) is 6.04 Å². The maximum atomic E-state index is 13.2. The molecule has 0 radical (unpaired) electrons. The molecule has 0 saturated heterocycles. The average molecular weight is 243 g/mol. The minimum atomic E-state index is -0.227. The van der Waals surface area contributed by atoms with E-state index in [0.717, 1.165) is 17.5 Å². The van der Waals surface area contributed by atoms with Gasteiger partial charge in [0.1, 0.15) is 5.82 Å². The third kappa shape index (κ3) is 2.96. The van der Waals surface area contributed by atoms with Crippen LogP contribution in [0.2, 0.25) is 0 Å². The van der Waals surface area contributed by atoms with Gasteiger partial charge < -0.3 is 5.73 Å². The average Bonchev–Trinajstić information content (AvgIpc) is 2.35. The van der Waals surface area contributed by atoms with Crippen molar-refractivity contribution >= 4 is 0 Å². The van der Waals surface area contributed by atoms with Crippen LogP contribution < -0.4 is 5.73 Å². The zero-order valence-corrected chi connectivity index (χ0v) is 10.8. The molecule has 0 amide bonds. The lowest BCUT2D eigenvalue weighted by Crippen LogP contribution is -2.15. The normalized spacial score (nSPS) is 12.4. The van der Waals surface area contributed by atoms with E-state index < -0.39 is 0 Å². The number of hydrogen-bond donors (Lipinski definition) is 1. The van der Waals surface area contributed by atoms with Crippen LogP contribution >= 0.6 is 0 Å². The maximum absolute atomic E-state index is 13.2. The van der Waals surface area contributed by atoms with Crippen molar-refractivity contribution in [2.45, 2.75) is 26.3 Å². The summed E-state index contributed by atoms with van der Waals surface area (Å²) >= 11 is 0. The molecule has 0 aliphatic rings. The molecule has 2 heteroatoms. The standard InChI is InChI=1S/C16H18FN/c1-11-3-6-13(7-4-11)9-16(18)15-10-14(17)8-5-12(15)2/h3-8,10,16H,9,18H2,1-2H3. The SMILES string of the molecule is Cc1ccc(CC(N)c2cc(F)ccc2C)cc1. The second-order valence-corrected chi connectivity index (χ2v) is 4.80. The molecule has 2 N–H and O–H groups in total. The molecule has 0 fully saturated rings. The molecule has 1 unspecified atom stereocenters. The van der Waals surface area contributed by atoms with Crippen LogP contribution in [-0.2, 0) is 6.42 Å². The third-order valence-corrected chi connectivity index (χ3v) is 3.22. The van der Waals surface area contributed by atoms with E-state index in [2.05, 4.69) is 31.2 Å². The zero-order valence-electron chi connectivity index (χ0n) is 10.8. The van der Waals surface area contributed by atoms with E-state index >= 15 is 0 Å². The number of nitrogens with two attached hydrogens (primary N) is 1. The van der Waals surface area contributed by atoms with Crippen molar-refractivity contribution < 1.29 is 4.39 Å². The van der Waals surface area contributed by atoms with Gasteiger partial charge in [0.15, 0.2) is 0 Å². The topological polar surface area (TPSA) is 26.0 Å². The van der Waals surface area contributed by atoms with Gasteiger partial charge in [0.05, 0.1) is 0 Å². The molecule has 2 aromatic rings. The van der Waals surface area contributed by atoms with E-state index in [1.165, 1.54) is 23.3 Å². The molecule has 0 aliphatic heterocycles. The Hall–Kier alpha value is -1.67. The van der Waals surface area contributed by atoms with Gasteiger partial charge in [-0.3, -0.25) is 0 Å². The summed E-state index contributed by atoms with van der Waals surface area (Å²) in [7, 11) is 0. The smallest absolute Gasteiger partial charge is 0.123 e. The van der Waals surface area contributed by atoms with Gasteiger partial charge in [-0.25, -0.2) is 4.39 Å². The van der Waals surface area contributed by atoms with Crippen molar-refractivity contribution in [1.82, 2.24) is 0 Å². The van der Waals surface area contributed by atoms with Crippen LogP contribution in [0, 0.1) is 19.7 Å². The van der Waals surface area contributed by atoms with Crippen molar-refractivity contribution in [3.05, 3.63) is 70.5 Å². The molecule has 0 aliphatic carbocycles. The number of rotatable bonds is 3. The van der Waals surface area contributed by atoms with Gasteiger partial charge in [0.25, 0.3) is 0 Å². The van der Waals surface area contributed by atoms with Gasteiger partial charge in [-0.05, 0) is 49.1 Å². The molecule has 2 aromatic carbocycles. The molecule has 0 spiro atoms. The van der Waals surface area contributed by atoms with Gasteiger partial charge in [-0.1, -0.05) is 35.9 Å². The van der Waals surface area contributed by atoms with E-state index in [9.17, 15) is 4.39 Å². The largest absolute Gasteiger partial charge is 0.324 e. The molecule has 0 heterocycles. The summed E-state index contributed by atoms with van der Waals surface area (Å²) < 4.78 is 13.2. The van der Waals surface area contributed by atoms with Crippen LogP contribution in [0.4, 0.5) is 4.39 Å². The molecular formula is C16H18FN. The monoisotopic (exact) mass is 243 g/mol. The minimum absolute atomic E-state index is 0.164. The molecule has 1 nitrogen and oxygen atoms in total. The molecule has 2 rings (SSSR count). The fraction of sp³-hybridized carbons (Fsp3) is 0.250. The first kappa shape index (κ1) is 12.8. The number of hydrogen-bond acceptors (Lipinski definition) is 1. The lowest BCUT2D eigenvalue weighted by Gasteiger charge is -2.15. The van der Waals surface area contributed by atoms with Gasteiger partial charge in [-0.2, -0.15) is 0 Å². The van der Waals surface area contributed by atoms with Gasteiger partial charge in [0.2, 0.25) is 0 Å². The van der Waals surface area contributed by atoms with Crippen LogP contribution in [-0.4, -0.2) is 0 Å². The van der Waals surface area contributed by atoms with Crippen LogP contribution in [0.25, 0.3) is 0 Å². The highest BCUT2D eigenvalue weighted by molar-refractivity contribution is 5.31. The lowest BCUT2D eigenvalue weighted by atomic mass is 9.95. The third-order valence-electron chi connectivity index (χ3n) is 3.22. The van der Waals surface area contributed by atoms with Gasteiger partial charge >= 0.3 is 0 Å². The van der Waals surface area contributed by atoms with E-state index in [4.69, 9.17) is 5.73 Å². The summed E-state index contributed by atoms with van der Waals surface area (Å²) in [5, 5.41) is 0. The number of benzene rings is 2. The first-order valence-electron chi connectivity index (χ1n) is 6.13. The Morgan fingerprint density at radius 3 is 2.39 bits per heavy atom. The summed E-state index contributed by atoms with van der Waals surface area (Å²) in [5.41, 5.74) is 10.5. The second kappa shape index (κ2) is 5.32. The Morgan fingerprint density at radius 2 is 1.72 bits per heavy atom. The fourth-order valence-corrected chi connectivity index (χ4v) is 2.10. The van der Waals surface area contributed by atoms with E-state index in [-0.39, 0.29) is 11.9 Å². The molecule has 0 bridgehead atoms. The first-order chi connectivity index (χ1) is 8.56. The second-order valence-electron chi connectivity index (χ2n) is 4.80. The maximum Gasteiger partial charge on any atom is 0.123 e. The van der Waals surface area contributed by atoms with Crippen LogP contribution in [0.3, 0.4) is 0 Å².